The number of nitrogens with zero attached hydrogens (tertiary/aromatic N) is 2. The van der Waals surface area contributed by atoms with Crippen molar-refractivity contribution in [3.8, 4) is 0 Å². The van der Waals surface area contributed by atoms with E-state index in [1.54, 1.807) is 6.07 Å². The van der Waals surface area contributed by atoms with E-state index in [0.29, 0.717) is 24.7 Å². The van der Waals surface area contributed by atoms with Gasteiger partial charge in [-0.3, -0.25) is 14.6 Å². The van der Waals surface area contributed by atoms with E-state index >= 15 is 0 Å². The third kappa shape index (κ3) is 6.48. The summed E-state index contributed by atoms with van der Waals surface area (Å²) in [7, 11) is 0. The van der Waals surface area contributed by atoms with Gasteiger partial charge in [-0.15, -0.1) is 0 Å². The second-order valence-corrected chi connectivity index (χ2v) is 8.01. The zero-order valence-electron chi connectivity index (χ0n) is 16.3. The molecule has 1 aromatic carbocycles. The molecule has 0 spiro atoms. The molecule has 2 aliphatic rings. The van der Waals surface area contributed by atoms with Crippen molar-refractivity contribution in [3.63, 3.8) is 0 Å². The van der Waals surface area contributed by atoms with Crippen LogP contribution in [0.25, 0.3) is 0 Å². The smallest absolute Gasteiger partial charge is 0.352 e. The fraction of sp³-hybridized carbons (Fsp3) is 0.667. The lowest BCUT2D eigenvalue weighted by Gasteiger charge is -2.34. The van der Waals surface area contributed by atoms with Crippen LogP contribution in [0.3, 0.4) is 0 Å². The van der Waals surface area contributed by atoms with Gasteiger partial charge in [-0.2, -0.15) is 13.2 Å². The Balaban J connectivity index is 1.41. The van der Waals surface area contributed by atoms with Gasteiger partial charge in [0.2, 0.25) is 5.91 Å². The maximum absolute atomic E-state index is 12.9. The number of nitrogens with one attached hydrogen (secondary N) is 1. The van der Waals surface area contributed by atoms with Gasteiger partial charge in [-0.05, 0) is 24.5 Å². The Hall–Kier alpha value is -1.60. The first-order chi connectivity index (χ1) is 13.4. The van der Waals surface area contributed by atoms with Crippen LogP contribution in [0.15, 0.2) is 24.3 Å². The Morgan fingerprint density at radius 2 is 1.64 bits per heavy atom. The van der Waals surface area contributed by atoms with Crippen LogP contribution >= 0.6 is 0 Å². The summed E-state index contributed by atoms with van der Waals surface area (Å²) in [5.41, 5.74) is 0.0770. The highest BCUT2D eigenvalue weighted by molar-refractivity contribution is 5.78. The largest absolute Gasteiger partial charge is 0.416 e. The molecule has 4 nitrogen and oxygen atoms in total. The number of benzene rings is 1. The fourth-order valence-electron chi connectivity index (χ4n) is 4.11. The summed E-state index contributed by atoms with van der Waals surface area (Å²) in [5.74, 6) is 0.0956. The molecule has 1 aliphatic heterocycles. The number of hydrogen-bond acceptors (Lipinski definition) is 3. The molecule has 1 heterocycles. The highest BCUT2D eigenvalue weighted by Crippen LogP contribution is 2.29. The monoisotopic (exact) mass is 397 g/mol. The Morgan fingerprint density at radius 3 is 2.29 bits per heavy atom. The molecule has 28 heavy (non-hydrogen) atoms. The molecule has 0 unspecified atom stereocenters. The summed E-state index contributed by atoms with van der Waals surface area (Å²) < 4.78 is 38.6. The third-order valence-corrected chi connectivity index (χ3v) is 5.71. The second-order valence-electron chi connectivity index (χ2n) is 8.01. The van der Waals surface area contributed by atoms with Gasteiger partial charge in [-0.25, -0.2) is 0 Å². The van der Waals surface area contributed by atoms with Gasteiger partial charge in [0.25, 0.3) is 0 Å². The molecule has 0 bridgehead atoms. The topological polar surface area (TPSA) is 35.6 Å². The lowest BCUT2D eigenvalue weighted by atomic mass is 10.1. The van der Waals surface area contributed by atoms with Crippen molar-refractivity contribution >= 4 is 5.91 Å². The van der Waals surface area contributed by atoms with Gasteiger partial charge in [0, 0.05) is 38.8 Å². The molecule has 1 aromatic rings. The van der Waals surface area contributed by atoms with E-state index in [0.717, 1.165) is 45.1 Å². The van der Waals surface area contributed by atoms with Crippen LogP contribution in [0.1, 0.15) is 49.7 Å². The van der Waals surface area contributed by atoms with E-state index in [2.05, 4.69) is 15.1 Å². The molecule has 1 saturated carbocycles. The highest BCUT2D eigenvalue weighted by Gasteiger charge is 2.30. The number of alkyl halides is 3. The summed E-state index contributed by atoms with van der Waals surface area (Å²) in [5, 5.41) is 3.18. The average molecular weight is 397 g/mol. The van der Waals surface area contributed by atoms with Gasteiger partial charge in [0.1, 0.15) is 0 Å². The number of rotatable bonds is 5. The molecular formula is C21H30F3N3O. The first kappa shape index (κ1) is 21.1. The third-order valence-electron chi connectivity index (χ3n) is 5.71. The van der Waals surface area contributed by atoms with Gasteiger partial charge >= 0.3 is 6.18 Å². The van der Waals surface area contributed by atoms with Crippen LogP contribution in [-0.4, -0.2) is 54.5 Å². The van der Waals surface area contributed by atoms with E-state index in [-0.39, 0.29) is 5.91 Å². The zero-order chi connectivity index (χ0) is 20.0. The highest BCUT2D eigenvalue weighted by atomic mass is 19.4. The molecule has 3 rings (SSSR count). The first-order valence-electron chi connectivity index (χ1n) is 10.3. The maximum atomic E-state index is 12.9. The van der Waals surface area contributed by atoms with Crippen molar-refractivity contribution in [2.24, 2.45) is 0 Å². The lowest BCUT2D eigenvalue weighted by molar-refractivity contribution is -0.137. The molecule has 0 aromatic heterocycles. The minimum Gasteiger partial charge on any atom is -0.352 e. The molecule has 0 atom stereocenters. The van der Waals surface area contributed by atoms with Crippen molar-refractivity contribution in [3.05, 3.63) is 35.4 Å². The molecule has 1 saturated heterocycles. The molecule has 2 fully saturated rings. The van der Waals surface area contributed by atoms with Gasteiger partial charge in [-0.1, -0.05) is 43.9 Å². The summed E-state index contributed by atoms with van der Waals surface area (Å²) >= 11 is 0. The number of amides is 1. The molecule has 0 radical (unpaired) electrons. The van der Waals surface area contributed by atoms with E-state index in [9.17, 15) is 18.0 Å². The molecule has 156 valence electrons. The van der Waals surface area contributed by atoms with E-state index in [4.69, 9.17) is 0 Å². The molecular weight excluding hydrogens is 367 g/mol. The number of halogens is 3. The zero-order valence-corrected chi connectivity index (χ0v) is 16.3. The predicted molar refractivity (Wildman–Crippen MR) is 103 cm³/mol. The van der Waals surface area contributed by atoms with Crippen LogP contribution < -0.4 is 5.32 Å². The van der Waals surface area contributed by atoms with Gasteiger partial charge in [0.15, 0.2) is 0 Å². The van der Waals surface area contributed by atoms with Crippen molar-refractivity contribution < 1.29 is 18.0 Å². The minimum atomic E-state index is -4.31. The molecule has 7 heteroatoms. The van der Waals surface area contributed by atoms with Gasteiger partial charge in [0.05, 0.1) is 12.1 Å². The van der Waals surface area contributed by atoms with E-state index in [1.165, 1.54) is 37.8 Å². The van der Waals surface area contributed by atoms with Crippen molar-refractivity contribution in [2.45, 2.75) is 57.3 Å². The van der Waals surface area contributed by atoms with Gasteiger partial charge < -0.3 is 5.32 Å². The van der Waals surface area contributed by atoms with Crippen molar-refractivity contribution in [1.29, 1.82) is 0 Å². The van der Waals surface area contributed by atoms with E-state index in [1.807, 2.05) is 0 Å². The summed E-state index contributed by atoms with van der Waals surface area (Å²) in [6.45, 7) is 3.95. The van der Waals surface area contributed by atoms with Crippen LogP contribution in [0.5, 0.6) is 0 Å². The summed E-state index contributed by atoms with van der Waals surface area (Å²) in [6.07, 6.45) is 2.77. The maximum Gasteiger partial charge on any atom is 0.416 e. The standard InChI is InChI=1S/C21H30F3N3O/c22-21(23,24)18-7-5-6-17(14-18)15-26-10-12-27(13-11-26)16-20(28)25-19-8-3-1-2-4-9-19/h5-7,14,19H,1-4,8-13,15-16H2,(H,25,28). The van der Waals surface area contributed by atoms with Crippen LogP contribution in [0.2, 0.25) is 0 Å². The molecule has 1 amide bonds. The van der Waals surface area contributed by atoms with Crippen LogP contribution in [0.4, 0.5) is 13.2 Å². The quantitative estimate of drug-likeness (QED) is 0.771. The predicted octanol–water partition coefficient (Wildman–Crippen LogP) is 3.66. The van der Waals surface area contributed by atoms with Crippen LogP contribution in [0, 0.1) is 0 Å². The van der Waals surface area contributed by atoms with Crippen LogP contribution in [-0.2, 0) is 17.5 Å². The number of carbonyl (C=O) groups excluding carboxylic acids is 1. The second kappa shape index (κ2) is 9.74. The lowest BCUT2D eigenvalue weighted by Crippen LogP contribution is -2.50. The van der Waals surface area contributed by atoms with Crippen molar-refractivity contribution in [1.82, 2.24) is 15.1 Å². The number of hydrogen-bond donors (Lipinski definition) is 1. The minimum absolute atomic E-state index is 0.0956. The Morgan fingerprint density at radius 1 is 1.00 bits per heavy atom. The molecule has 1 aliphatic carbocycles. The van der Waals surface area contributed by atoms with Crippen molar-refractivity contribution in [2.75, 3.05) is 32.7 Å². The fourth-order valence-corrected chi connectivity index (χ4v) is 4.11. The Labute approximate surface area is 165 Å². The number of carbonyl (C=O) groups is 1. The Bertz CT molecular complexity index is 634. The molecule has 1 N–H and O–H groups in total. The normalized spacial score (nSPS) is 20.7. The van der Waals surface area contributed by atoms with E-state index < -0.39 is 11.7 Å². The SMILES string of the molecule is O=C(CN1CCN(Cc2cccc(C(F)(F)F)c2)CC1)NC1CCCCCC1. The summed E-state index contributed by atoms with van der Waals surface area (Å²) in [4.78, 5) is 16.6. The summed E-state index contributed by atoms with van der Waals surface area (Å²) in [6, 6.07) is 5.85. The number of piperazine rings is 1. The Kier molecular flexibility index (Phi) is 7.35. The average Bonchev–Trinajstić information content (AvgIpc) is 2.91. The first-order valence-corrected chi connectivity index (χ1v) is 10.3.